The summed E-state index contributed by atoms with van der Waals surface area (Å²) in [7, 11) is 0. The number of carbonyl (C=O) groups excluding carboxylic acids is 2. The molecule has 2 aliphatic carbocycles. The second-order valence-corrected chi connectivity index (χ2v) is 8.73. The van der Waals surface area contributed by atoms with E-state index in [1.165, 1.54) is 6.42 Å². The lowest BCUT2D eigenvalue weighted by atomic mass is 9.82. The van der Waals surface area contributed by atoms with Crippen LogP contribution in [-0.4, -0.2) is 34.3 Å². The Morgan fingerprint density at radius 1 is 1.24 bits per heavy atom. The molecule has 0 unspecified atom stereocenters. The predicted octanol–water partition coefficient (Wildman–Crippen LogP) is 5.04. The fourth-order valence-electron chi connectivity index (χ4n) is 4.38. The van der Waals surface area contributed by atoms with Crippen molar-refractivity contribution in [2.24, 2.45) is 11.8 Å². The van der Waals surface area contributed by atoms with Crippen LogP contribution in [0.25, 0.3) is 5.70 Å². The molecule has 0 bridgehead atoms. The molecule has 0 N–H and O–H groups in total. The summed E-state index contributed by atoms with van der Waals surface area (Å²) in [4.78, 5) is 27.9. The second kappa shape index (κ2) is 9.59. The highest BCUT2D eigenvalue weighted by Crippen LogP contribution is 2.33. The first-order chi connectivity index (χ1) is 13.9. The number of rotatable bonds is 6. The first-order valence-electron chi connectivity index (χ1n) is 11.2. The molecule has 1 heterocycles. The minimum Gasteiger partial charge on any atom is -0.462 e. The third-order valence-corrected chi connectivity index (χ3v) is 6.10. The molecule has 0 radical (unpaired) electrons. The second-order valence-electron chi connectivity index (χ2n) is 8.73. The van der Waals surface area contributed by atoms with Crippen LogP contribution in [0.2, 0.25) is 0 Å². The molecule has 0 atom stereocenters. The van der Waals surface area contributed by atoms with Gasteiger partial charge in [0.25, 0.3) is 0 Å². The highest BCUT2D eigenvalue weighted by molar-refractivity contribution is 6.02. The van der Waals surface area contributed by atoms with Crippen LogP contribution in [0.15, 0.2) is 12.3 Å². The van der Waals surface area contributed by atoms with Crippen molar-refractivity contribution >= 4 is 23.4 Å². The van der Waals surface area contributed by atoms with Crippen LogP contribution in [0, 0.1) is 11.8 Å². The molecule has 1 aromatic heterocycles. The molecule has 29 heavy (non-hydrogen) atoms. The topological polar surface area (TPSA) is 64.4 Å². The Kier molecular flexibility index (Phi) is 7.14. The van der Waals surface area contributed by atoms with Gasteiger partial charge >= 0.3 is 5.97 Å². The van der Waals surface area contributed by atoms with Crippen molar-refractivity contribution in [2.75, 3.05) is 11.5 Å². The Balaban J connectivity index is 1.97. The molecular weight excluding hydrogens is 366 g/mol. The Hall–Kier alpha value is -2.11. The smallest absolute Gasteiger partial charge is 0.343 e. The van der Waals surface area contributed by atoms with Gasteiger partial charge in [-0.25, -0.2) is 9.48 Å². The van der Waals surface area contributed by atoms with Crippen molar-refractivity contribution < 1.29 is 14.3 Å². The standard InChI is InChI=1S/C23H35N3O3/c1-5-29-23(28)20-15-25(19-9-7-6-8-10-19)24-21(20)26(16(2)3)22(27)18-13-11-17(4)12-14-18/h9,15-18H,5-8,10-14H2,1-4H3/t17-,18-. The van der Waals surface area contributed by atoms with E-state index in [0.717, 1.165) is 50.6 Å². The number of esters is 1. The number of aromatic nitrogens is 2. The molecule has 6 heteroatoms. The van der Waals surface area contributed by atoms with E-state index in [4.69, 9.17) is 9.84 Å². The van der Waals surface area contributed by atoms with Crippen LogP contribution in [-0.2, 0) is 9.53 Å². The van der Waals surface area contributed by atoms with Crippen molar-refractivity contribution in [1.29, 1.82) is 0 Å². The maximum atomic E-state index is 13.5. The SMILES string of the molecule is CCOC(=O)c1cn(C2=CCCCC2)nc1N(C(=O)[C@H]1CC[C@H](C)CC1)C(C)C. The summed E-state index contributed by atoms with van der Waals surface area (Å²) in [5.41, 5.74) is 1.47. The van der Waals surface area contributed by atoms with Gasteiger partial charge < -0.3 is 4.74 Å². The molecule has 0 spiro atoms. The number of allylic oxidation sites excluding steroid dienone is 2. The van der Waals surface area contributed by atoms with Crippen LogP contribution >= 0.6 is 0 Å². The van der Waals surface area contributed by atoms with E-state index >= 15 is 0 Å². The molecule has 1 aromatic rings. The Labute approximate surface area is 174 Å². The third kappa shape index (κ3) is 4.90. The van der Waals surface area contributed by atoms with Crippen molar-refractivity contribution in [3.63, 3.8) is 0 Å². The van der Waals surface area contributed by atoms with Gasteiger partial charge in [0.05, 0.1) is 6.61 Å². The van der Waals surface area contributed by atoms with Crippen LogP contribution < -0.4 is 4.90 Å². The largest absolute Gasteiger partial charge is 0.462 e. The molecule has 1 saturated carbocycles. The van der Waals surface area contributed by atoms with Crippen molar-refractivity contribution in [1.82, 2.24) is 9.78 Å². The van der Waals surface area contributed by atoms with Gasteiger partial charge in [-0.3, -0.25) is 9.69 Å². The minimum absolute atomic E-state index is 0.00249. The van der Waals surface area contributed by atoms with Gasteiger partial charge in [-0.15, -0.1) is 5.10 Å². The van der Waals surface area contributed by atoms with Crippen LogP contribution in [0.4, 0.5) is 5.82 Å². The van der Waals surface area contributed by atoms with E-state index in [-0.39, 0.29) is 17.9 Å². The molecule has 0 saturated heterocycles. The Morgan fingerprint density at radius 3 is 2.55 bits per heavy atom. The van der Waals surface area contributed by atoms with Gasteiger partial charge in [0.2, 0.25) is 5.91 Å². The van der Waals surface area contributed by atoms with Crippen molar-refractivity contribution in [3.8, 4) is 0 Å². The highest BCUT2D eigenvalue weighted by atomic mass is 16.5. The normalized spacial score (nSPS) is 22.3. The number of amides is 1. The van der Waals surface area contributed by atoms with Gasteiger partial charge in [0.15, 0.2) is 5.82 Å². The molecule has 6 nitrogen and oxygen atoms in total. The average Bonchev–Trinajstić information content (AvgIpc) is 3.14. The molecule has 2 aliphatic rings. The first-order valence-corrected chi connectivity index (χ1v) is 11.2. The lowest BCUT2D eigenvalue weighted by Gasteiger charge is -2.32. The van der Waals surface area contributed by atoms with E-state index in [1.54, 1.807) is 22.7 Å². The quantitative estimate of drug-likeness (QED) is 0.626. The van der Waals surface area contributed by atoms with Gasteiger partial charge in [-0.2, -0.15) is 0 Å². The fourth-order valence-corrected chi connectivity index (χ4v) is 4.38. The molecule has 1 amide bonds. The molecule has 0 aliphatic heterocycles. The summed E-state index contributed by atoms with van der Waals surface area (Å²) < 4.78 is 7.07. The predicted molar refractivity (Wildman–Crippen MR) is 115 cm³/mol. The molecule has 1 fully saturated rings. The number of nitrogens with zero attached hydrogens (tertiary/aromatic N) is 3. The maximum absolute atomic E-state index is 13.5. The fraction of sp³-hybridized carbons (Fsp3) is 0.696. The van der Waals surface area contributed by atoms with E-state index < -0.39 is 5.97 Å². The van der Waals surface area contributed by atoms with E-state index in [2.05, 4.69) is 13.0 Å². The zero-order chi connectivity index (χ0) is 21.0. The van der Waals surface area contributed by atoms with Gasteiger partial charge in [0, 0.05) is 23.9 Å². The molecular formula is C23H35N3O3. The number of hydrogen-bond donors (Lipinski definition) is 0. The van der Waals surface area contributed by atoms with Gasteiger partial charge in [0.1, 0.15) is 5.56 Å². The van der Waals surface area contributed by atoms with E-state index in [1.807, 2.05) is 13.8 Å². The Bertz CT molecular complexity index is 757. The molecule has 0 aromatic carbocycles. The van der Waals surface area contributed by atoms with Crippen LogP contribution in [0.3, 0.4) is 0 Å². The van der Waals surface area contributed by atoms with Crippen molar-refractivity contribution in [3.05, 3.63) is 17.8 Å². The zero-order valence-corrected chi connectivity index (χ0v) is 18.3. The lowest BCUT2D eigenvalue weighted by Crippen LogP contribution is -2.43. The first kappa shape index (κ1) is 21.6. The lowest BCUT2D eigenvalue weighted by molar-refractivity contribution is -0.123. The summed E-state index contributed by atoms with van der Waals surface area (Å²) in [5.74, 6) is 0.788. The number of ether oxygens (including phenoxy) is 1. The Morgan fingerprint density at radius 2 is 1.97 bits per heavy atom. The van der Waals surface area contributed by atoms with Crippen LogP contribution in [0.1, 0.15) is 89.4 Å². The minimum atomic E-state index is -0.416. The molecule has 3 rings (SSSR count). The van der Waals surface area contributed by atoms with E-state index in [9.17, 15) is 9.59 Å². The number of carbonyl (C=O) groups is 2. The zero-order valence-electron chi connectivity index (χ0n) is 18.3. The van der Waals surface area contributed by atoms with Crippen LogP contribution in [0.5, 0.6) is 0 Å². The van der Waals surface area contributed by atoms with Gasteiger partial charge in [-0.05, 0) is 78.1 Å². The highest BCUT2D eigenvalue weighted by Gasteiger charge is 2.34. The van der Waals surface area contributed by atoms with Gasteiger partial charge in [-0.1, -0.05) is 13.0 Å². The summed E-state index contributed by atoms with van der Waals surface area (Å²) in [6, 6.07) is -0.0845. The number of hydrogen-bond acceptors (Lipinski definition) is 4. The maximum Gasteiger partial charge on any atom is 0.343 e. The molecule has 160 valence electrons. The summed E-state index contributed by atoms with van der Waals surface area (Å²) in [5, 5.41) is 4.74. The number of anilines is 1. The summed E-state index contributed by atoms with van der Waals surface area (Å²) in [6.45, 7) is 8.30. The monoisotopic (exact) mass is 401 g/mol. The summed E-state index contributed by atoms with van der Waals surface area (Å²) >= 11 is 0. The van der Waals surface area contributed by atoms with Crippen molar-refractivity contribution in [2.45, 2.75) is 85.1 Å². The summed E-state index contributed by atoms with van der Waals surface area (Å²) in [6.07, 6.45) is 12.1. The average molecular weight is 402 g/mol. The third-order valence-electron chi connectivity index (χ3n) is 6.10. The van der Waals surface area contributed by atoms with E-state index in [0.29, 0.717) is 23.9 Å².